The predicted octanol–water partition coefficient (Wildman–Crippen LogP) is 4.70. The van der Waals surface area contributed by atoms with Crippen molar-refractivity contribution in [2.24, 2.45) is 0 Å². The zero-order valence-corrected chi connectivity index (χ0v) is 17.0. The molecule has 0 unspecified atom stereocenters. The lowest BCUT2D eigenvalue weighted by atomic mass is 10.1. The second-order valence-electron chi connectivity index (χ2n) is 7.87. The molecule has 6 nitrogen and oxygen atoms in total. The van der Waals surface area contributed by atoms with Gasteiger partial charge in [0.05, 0.1) is 5.56 Å². The van der Waals surface area contributed by atoms with Gasteiger partial charge in [-0.2, -0.15) is 0 Å². The zero-order valence-electron chi connectivity index (χ0n) is 17.0. The fraction of sp³-hybridized carbons (Fsp3) is 0.391. The molecule has 0 bridgehead atoms. The number of anilines is 3. The zero-order chi connectivity index (χ0) is 20.9. The fourth-order valence-corrected chi connectivity index (χ4v) is 4.15. The summed E-state index contributed by atoms with van der Waals surface area (Å²) in [5, 5.41) is 5.38. The van der Waals surface area contributed by atoms with E-state index in [4.69, 9.17) is 0 Å². The van der Waals surface area contributed by atoms with Gasteiger partial charge in [-0.15, -0.1) is 0 Å². The number of benzene rings is 2. The molecule has 0 atom stereocenters. The number of rotatable bonds is 4. The Bertz CT molecular complexity index is 921. The molecule has 30 heavy (non-hydrogen) atoms. The van der Waals surface area contributed by atoms with Crippen LogP contribution in [-0.4, -0.2) is 43.0 Å². The summed E-state index contributed by atoms with van der Waals surface area (Å²) in [6.07, 6.45) is 5.45. The van der Waals surface area contributed by atoms with Crippen molar-refractivity contribution in [2.45, 2.75) is 32.1 Å². The van der Waals surface area contributed by atoms with E-state index >= 15 is 0 Å². The SMILES string of the molecule is O=C(Nc1cccc(F)c1)Nc1ccc(N2CCCC2)c(C(=O)N2CCCCC2)c1. The first kappa shape index (κ1) is 20.2. The number of amides is 3. The molecule has 2 N–H and O–H groups in total. The van der Waals surface area contributed by atoms with E-state index in [1.165, 1.54) is 18.2 Å². The first-order valence-corrected chi connectivity index (χ1v) is 10.6. The Balaban J connectivity index is 1.54. The Hall–Kier alpha value is -3.09. The van der Waals surface area contributed by atoms with E-state index in [1.54, 1.807) is 12.1 Å². The van der Waals surface area contributed by atoms with E-state index in [-0.39, 0.29) is 5.91 Å². The molecule has 2 aliphatic rings. The van der Waals surface area contributed by atoms with Crippen LogP contribution in [0.1, 0.15) is 42.5 Å². The van der Waals surface area contributed by atoms with Gasteiger partial charge in [-0.05, 0) is 68.5 Å². The van der Waals surface area contributed by atoms with Crippen LogP contribution in [0.5, 0.6) is 0 Å². The van der Waals surface area contributed by atoms with E-state index < -0.39 is 11.8 Å². The van der Waals surface area contributed by atoms with Gasteiger partial charge in [0.2, 0.25) is 0 Å². The summed E-state index contributed by atoms with van der Waals surface area (Å²) >= 11 is 0. The summed E-state index contributed by atoms with van der Waals surface area (Å²) in [6, 6.07) is 10.7. The maximum Gasteiger partial charge on any atom is 0.323 e. The quantitative estimate of drug-likeness (QED) is 0.768. The summed E-state index contributed by atoms with van der Waals surface area (Å²) in [6.45, 7) is 3.42. The molecule has 7 heteroatoms. The van der Waals surface area contributed by atoms with Crippen LogP contribution in [0.4, 0.5) is 26.2 Å². The van der Waals surface area contributed by atoms with Gasteiger partial charge >= 0.3 is 6.03 Å². The Morgan fingerprint density at radius 1 is 0.800 bits per heavy atom. The highest BCUT2D eigenvalue weighted by Gasteiger charge is 2.25. The van der Waals surface area contributed by atoms with Crippen LogP contribution < -0.4 is 15.5 Å². The lowest BCUT2D eigenvalue weighted by Gasteiger charge is -2.29. The summed E-state index contributed by atoms with van der Waals surface area (Å²) < 4.78 is 13.3. The smallest absolute Gasteiger partial charge is 0.323 e. The number of carbonyl (C=O) groups is 2. The monoisotopic (exact) mass is 410 g/mol. The van der Waals surface area contributed by atoms with E-state index in [0.29, 0.717) is 16.9 Å². The second-order valence-corrected chi connectivity index (χ2v) is 7.87. The number of nitrogens with zero attached hydrogens (tertiary/aromatic N) is 2. The average molecular weight is 410 g/mol. The van der Waals surface area contributed by atoms with Crippen LogP contribution in [0.25, 0.3) is 0 Å². The molecule has 4 rings (SSSR count). The molecule has 3 amide bonds. The highest BCUT2D eigenvalue weighted by molar-refractivity contribution is 6.04. The molecule has 2 fully saturated rings. The second kappa shape index (κ2) is 9.15. The standard InChI is InChI=1S/C23H27FN4O2/c24-17-7-6-8-18(15-17)25-23(30)26-19-9-10-21(27-11-4-5-12-27)20(16-19)22(29)28-13-2-1-3-14-28/h6-10,15-16H,1-5,11-14H2,(H2,25,26,30). The van der Waals surface area contributed by atoms with Crippen molar-refractivity contribution < 1.29 is 14.0 Å². The highest BCUT2D eigenvalue weighted by atomic mass is 19.1. The number of nitrogens with one attached hydrogen (secondary N) is 2. The molecular weight excluding hydrogens is 383 g/mol. The van der Waals surface area contributed by atoms with Crippen molar-refractivity contribution in [3.05, 3.63) is 53.8 Å². The Kier molecular flexibility index (Phi) is 6.16. The number of urea groups is 1. The molecule has 0 spiro atoms. The van der Waals surface area contributed by atoms with Gasteiger partial charge in [0, 0.05) is 43.2 Å². The normalized spacial score (nSPS) is 16.4. The number of halogens is 1. The van der Waals surface area contributed by atoms with Crippen LogP contribution in [0.2, 0.25) is 0 Å². The van der Waals surface area contributed by atoms with Crippen molar-refractivity contribution in [3.8, 4) is 0 Å². The third-order valence-corrected chi connectivity index (χ3v) is 5.66. The van der Waals surface area contributed by atoms with Crippen molar-refractivity contribution in [3.63, 3.8) is 0 Å². The third kappa shape index (κ3) is 4.72. The lowest BCUT2D eigenvalue weighted by Crippen LogP contribution is -2.36. The molecule has 2 saturated heterocycles. The average Bonchev–Trinajstić information content (AvgIpc) is 3.28. The minimum atomic E-state index is -0.481. The lowest BCUT2D eigenvalue weighted by molar-refractivity contribution is 0.0725. The molecule has 0 radical (unpaired) electrons. The van der Waals surface area contributed by atoms with Crippen molar-refractivity contribution in [1.29, 1.82) is 0 Å². The predicted molar refractivity (Wildman–Crippen MR) is 117 cm³/mol. The fourth-order valence-electron chi connectivity index (χ4n) is 4.15. The number of hydrogen-bond acceptors (Lipinski definition) is 3. The first-order valence-electron chi connectivity index (χ1n) is 10.6. The van der Waals surface area contributed by atoms with Crippen LogP contribution in [0.15, 0.2) is 42.5 Å². The molecule has 2 aromatic rings. The van der Waals surface area contributed by atoms with Gasteiger partial charge in [-0.1, -0.05) is 6.07 Å². The van der Waals surface area contributed by atoms with Crippen molar-refractivity contribution in [1.82, 2.24) is 4.90 Å². The topological polar surface area (TPSA) is 64.7 Å². The van der Waals surface area contributed by atoms with Crippen molar-refractivity contribution in [2.75, 3.05) is 41.7 Å². The molecule has 158 valence electrons. The van der Waals surface area contributed by atoms with Gasteiger partial charge in [-0.25, -0.2) is 9.18 Å². The third-order valence-electron chi connectivity index (χ3n) is 5.66. The van der Waals surface area contributed by atoms with Crippen LogP contribution in [0, 0.1) is 5.82 Å². The molecule has 0 saturated carbocycles. The maximum absolute atomic E-state index is 13.3. The summed E-state index contributed by atoms with van der Waals surface area (Å²) in [5.41, 5.74) is 2.46. The number of carbonyl (C=O) groups excluding carboxylic acids is 2. The number of likely N-dealkylation sites (tertiary alicyclic amines) is 1. The molecule has 2 aliphatic heterocycles. The van der Waals surface area contributed by atoms with Crippen LogP contribution >= 0.6 is 0 Å². The summed E-state index contributed by atoms with van der Waals surface area (Å²) in [4.78, 5) is 29.8. The van der Waals surface area contributed by atoms with E-state index in [0.717, 1.165) is 64.0 Å². The van der Waals surface area contributed by atoms with Gasteiger partial charge in [0.25, 0.3) is 5.91 Å². The summed E-state index contributed by atoms with van der Waals surface area (Å²) in [5.74, 6) is -0.400. The minimum absolute atomic E-state index is 0.0192. The maximum atomic E-state index is 13.3. The summed E-state index contributed by atoms with van der Waals surface area (Å²) in [7, 11) is 0. The Morgan fingerprint density at radius 3 is 2.17 bits per heavy atom. The van der Waals surface area contributed by atoms with Crippen LogP contribution in [0.3, 0.4) is 0 Å². The minimum Gasteiger partial charge on any atom is -0.371 e. The number of piperidine rings is 1. The number of hydrogen-bond donors (Lipinski definition) is 2. The van der Waals surface area contributed by atoms with Gasteiger partial charge < -0.3 is 20.4 Å². The molecule has 0 aliphatic carbocycles. The van der Waals surface area contributed by atoms with Gasteiger partial charge in [0.15, 0.2) is 0 Å². The molecule has 0 aromatic heterocycles. The van der Waals surface area contributed by atoms with E-state index in [2.05, 4.69) is 15.5 Å². The van der Waals surface area contributed by atoms with Gasteiger partial charge in [-0.3, -0.25) is 4.79 Å². The molecular formula is C23H27FN4O2. The first-order chi connectivity index (χ1) is 14.6. The van der Waals surface area contributed by atoms with Crippen LogP contribution in [-0.2, 0) is 0 Å². The Labute approximate surface area is 176 Å². The highest BCUT2D eigenvalue weighted by Crippen LogP contribution is 2.29. The molecule has 2 heterocycles. The Morgan fingerprint density at radius 2 is 1.47 bits per heavy atom. The van der Waals surface area contributed by atoms with E-state index in [9.17, 15) is 14.0 Å². The molecule has 2 aromatic carbocycles. The van der Waals surface area contributed by atoms with Gasteiger partial charge in [0.1, 0.15) is 5.82 Å². The van der Waals surface area contributed by atoms with E-state index in [1.807, 2.05) is 17.0 Å². The van der Waals surface area contributed by atoms with Crippen molar-refractivity contribution >= 4 is 29.0 Å². The largest absolute Gasteiger partial charge is 0.371 e.